The molecule has 2 aliphatic rings. The van der Waals surface area contributed by atoms with E-state index in [1.54, 1.807) is 17.2 Å². The summed E-state index contributed by atoms with van der Waals surface area (Å²) < 4.78 is 7.06. The number of aliphatic hydroxyl groups is 1. The van der Waals surface area contributed by atoms with E-state index in [1.807, 2.05) is 20.8 Å². The summed E-state index contributed by atoms with van der Waals surface area (Å²) in [6.45, 7) is 6.64. The number of aromatic nitrogens is 1. The molecule has 7 heteroatoms. The van der Waals surface area contributed by atoms with Gasteiger partial charge in [0, 0.05) is 35.8 Å². The maximum Gasteiger partial charge on any atom is 0.410 e. The van der Waals surface area contributed by atoms with E-state index in [1.165, 1.54) is 10.6 Å². The van der Waals surface area contributed by atoms with Crippen molar-refractivity contribution in [3.05, 3.63) is 33.7 Å². The third kappa shape index (κ3) is 4.16. The number of carbonyl (C=O) groups excluding carboxylic acids is 1. The van der Waals surface area contributed by atoms with Crippen LogP contribution in [0.2, 0.25) is 5.02 Å². The van der Waals surface area contributed by atoms with Gasteiger partial charge in [0.25, 0.3) is 5.56 Å². The molecule has 1 aliphatic heterocycles. The van der Waals surface area contributed by atoms with Gasteiger partial charge in [-0.3, -0.25) is 4.79 Å². The Morgan fingerprint density at radius 2 is 1.96 bits per heavy atom. The van der Waals surface area contributed by atoms with Crippen LogP contribution >= 0.6 is 11.6 Å². The van der Waals surface area contributed by atoms with Gasteiger partial charge in [-0.25, -0.2) is 4.79 Å². The number of hydrogen-bond donors (Lipinski definition) is 1. The van der Waals surface area contributed by atoms with Crippen LogP contribution in [0.4, 0.5) is 4.79 Å². The number of likely N-dealkylation sites (tertiary alicyclic amines) is 1. The van der Waals surface area contributed by atoms with E-state index in [2.05, 4.69) is 0 Å². The smallest absolute Gasteiger partial charge is 0.410 e. The molecule has 1 aliphatic carbocycles. The van der Waals surface area contributed by atoms with Crippen molar-refractivity contribution in [3.63, 3.8) is 0 Å². The summed E-state index contributed by atoms with van der Waals surface area (Å²) in [7, 11) is 0. The lowest BCUT2D eigenvalue weighted by atomic mass is 9.66. The maximum atomic E-state index is 12.6. The molecular weight excluding hydrogens is 368 g/mol. The predicted molar refractivity (Wildman–Crippen MR) is 104 cm³/mol. The summed E-state index contributed by atoms with van der Waals surface area (Å²) in [6, 6.07) is 3.02. The summed E-state index contributed by atoms with van der Waals surface area (Å²) in [5.41, 5.74) is -2.23. The van der Waals surface area contributed by atoms with Crippen molar-refractivity contribution < 1.29 is 14.6 Å². The topological polar surface area (TPSA) is 71.8 Å². The molecule has 1 spiro atoms. The molecule has 2 heterocycles. The number of ether oxygens (including phenoxy) is 1. The van der Waals surface area contributed by atoms with Crippen LogP contribution in [-0.4, -0.2) is 45.0 Å². The summed E-state index contributed by atoms with van der Waals surface area (Å²) >= 11 is 5.89. The first kappa shape index (κ1) is 20.2. The number of hydrogen-bond acceptors (Lipinski definition) is 4. The van der Waals surface area contributed by atoms with Crippen LogP contribution < -0.4 is 5.56 Å². The summed E-state index contributed by atoms with van der Waals surface area (Å²) in [4.78, 5) is 26.6. The molecule has 0 bridgehead atoms. The molecule has 1 aromatic heterocycles. The predicted octanol–water partition coefficient (Wildman–Crippen LogP) is 3.43. The zero-order chi connectivity index (χ0) is 19.9. The highest BCUT2D eigenvalue weighted by Gasteiger charge is 2.56. The van der Waals surface area contributed by atoms with Crippen molar-refractivity contribution in [3.8, 4) is 0 Å². The zero-order valence-corrected chi connectivity index (χ0v) is 17.1. The van der Waals surface area contributed by atoms with Gasteiger partial charge < -0.3 is 19.3 Å². The Labute approximate surface area is 165 Å². The lowest BCUT2D eigenvalue weighted by Gasteiger charge is -2.52. The van der Waals surface area contributed by atoms with E-state index in [9.17, 15) is 14.7 Å². The fourth-order valence-corrected chi connectivity index (χ4v) is 4.63. The summed E-state index contributed by atoms with van der Waals surface area (Å²) in [6.07, 6.45) is 5.42. The van der Waals surface area contributed by atoms with Crippen LogP contribution in [0, 0.1) is 5.41 Å². The van der Waals surface area contributed by atoms with Gasteiger partial charge in [-0.05, 0) is 46.1 Å². The van der Waals surface area contributed by atoms with Crippen molar-refractivity contribution in [1.82, 2.24) is 9.47 Å². The van der Waals surface area contributed by atoms with Crippen LogP contribution in [0.5, 0.6) is 0 Å². The van der Waals surface area contributed by atoms with Crippen LogP contribution in [-0.2, 0) is 11.3 Å². The molecule has 6 nitrogen and oxygen atoms in total. The second kappa shape index (κ2) is 7.13. The molecule has 1 amide bonds. The minimum atomic E-state index is -1.04. The Bertz CT molecular complexity index is 764. The molecule has 1 aromatic rings. The van der Waals surface area contributed by atoms with E-state index in [0.717, 1.165) is 25.7 Å². The normalized spacial score (nSPS) is 25.0. The molecule has 1 N–H and O–H groups in total. The first-order valence-corrected chi connectivity index (χ1v) is 9.98. The van der Waals surface area contributed by atoms with E-state index in [0.29, 0.717) is 24.5 Å². The second-order valence-electron chi connectivity index (χ2n) is 8.98. The largest absolute Gasteiger partial charge is 0.444 e. The van der Waals surface area contributed by atoms with E-state index >= 15 is 0 Å². The third-order valence-corrected chi connectivity index (χ3v) is 6.11. The molecule has 1 atom stereocenters. The minimum absolute atomic E-state index is 0.213. The van der Waals surface area contributed by atoms with Crippen molar-refractivity contribution in [2.24, 2.45) is 5.41 Å². The Morgan fingerprint density at radius 3 is 2.56 bits per heavy atom. The highest BCUT2D eigenvalue weighted by molar-refractivity contribution is 6.30. The minimum Gasteiger partial charge on any atom is -0.444 e. The van der Waals surface area contributed by atoms with Gasteiger partial charge in [0.2, 0.25) is 0 Å². The molecule has 1 saturated heterocycles. The number of rotatable bonds is 2. The molecule has 1 saturated carbocycles. The Balaban J connectivity index is 1.84. The molecule has 0 radical (unpaired) electrons. The van der Waals surface area contributed by atoms with Crippen molar-refractivity contribution in [2.45, 2.75) is 70.6 Å². The van der Waals surface area contributed by atoms with Crippen molar-refractivity contribution in [2.75, 3.05) is 13.1 Å². The van der Waals surface area contributed by atoms with Gasteiger partial charge >= 0.3 is 6.09 Å². The van der Waals surface area contributed by atoms with Gasteiger partial charge in [0.1, 0.15) is 5.60 Å². The fourth-order valence-electron chi connectivity index (χ4n) is 4.48. The molecule has 27 heavy (non-hydrogen) atoms. The van der Waals surface area contributed by atoms with Crippen LogP contribution in [0.25, 0.3) is 0 Å². The Morgan fingerprint density at radius 1 is 1.30 bits per heavy atom. The van der Waals surface area contributed by atoms with Crippen molar-refractivity contribution in [1.29, 1.82) is 0 Å². The van der Waals surface area contributed by atoms with Gasteiger partial charge in [0.15, 0.2) is 0 Å². The molecule has 0 aromatic carbocycles. The van der Waals surface area contributed by atoms with Gasteiger partial charge in [-0.1, -0.05) is 24.4 Å². The number of piperidine rings is 1. The highest BCUT2D eigenvalue weighted by atomic mass is 35.5. The summed E-state index contributed by atoms with van der Waals surface area (Å²) in [5, 5.41) is 12.0. The lowest BCUT2D eigenvalue weighted by Crippen LogP contribution is -2.62. The van der Waals surface area contributed by atoms with E-state index in [4.69, 9.17) is 16.3 Å². The molecule has 3 rings (SSSR count). The average molecular weight is 397 g/mol. The third-order valence-electron chi connectivity index (χ3n) is 5.88. The number of carbonyl (C=O) groups is 1. The maximum absolute atomic E-state index is 12.6. The van der Waals surface area contributed by atoms with E-state index in [-0.39, 0.29) is 18.2 Å². The average Bonchev–Trinajstić information content (AvgIpc) is 3.01. The van der Waals surface area contributed by atoms with Crippen LogP contribution in [0.3, 0.4) is 0 Å². The second-order valence-corrected chi connectivity index (χ2v) is 9.42. The Hall–Kier alpha value is -1.53. The standard InChI is InChI=1S/C20H29ClN2O4/c1-18(2,3)27-17(25)23-11-9-20(26,19(13-23)7-4-5-8-19)14-22-10-6-15(21)12-16(22)24/h6,10,12,26H,4-5,7-9,11,13-14H2,1-3H3/t20-/m0/s1. The SMILES string of the molecule is CC(C)(C)OC(=O)N1CC[C@](O)(Cn2ccc(Cl)cc2=O)C2(CCCC2)C1. The van der Waals surface area contributed by atoms with Gasteiger partial charge in [-0.2, -0.15) is 0 Å². The van der Waals surface area contributed by atoms with Crippen LogP contribution in [0.1, 0.15) is 52.9 Å². The Kier molecular flexibility index (Phi) is 5.34. The van der Waals surface area contributed by atoms with E-state index < -0.39 is 16.6 Å². The van der Waals surface area contributed by atoms with Gasteiger partial charge in [-0.15, -0.1) is 0 Å². The number of amides is 1. The van der Waals surface area contributed by atoms with Crippen molar-refractivity contribution >= 4 is 17.7 Å². The number of pyridine rings is 1. The van der Waals surface area contributed by atoms with Gasteiger partial charge in [0.05, 0.1) is 12.1 Å². The molecule has 150 valence electrons. The first-order chi connectivity index (χ1) is 12.5. The lowest BCUT2D eigenvalue weighted by molar-refractivity contribution is -0.140. The zero-order valence-electron chi connectivity index (χ0n) is 16.3. The monoisotopic (exact) mass is 396 g/mol. The van der Waals surface area contributed by atoms with Crippen LogP contribution in [0.15, 0.2) is 23.1 Å². The molecule has 0 unspecified atom stereocenters. The first-order valence-electron chi connectivity index (χ1n) is 9.60. The summed E-state index contributed by atoms with van der Waals surface area (Å²) in [5.74, 6) is 0. The molecular formula is C20H29ClN2O4. The number of halogens is 1. The highest BCUT2D eigenvalue weighted by Crippen LogP contribution is 2.51. The fraction of sp³-hybridized carbons (Fsp3) is 0.700. The number of nitrogens with zero attached hydrogens (tertiary/aromatic N) is 2. The molecule has 2 fully saturated rings. The quantitative estimate of drug-likeness (QED) is 0.831.